The van der Waals surface area contributed by atoms with Gasteiger partial charge in [0.25, 0.3) is 0 Å². The highest BCUT2D eigenvalue weighted by Gasteiger charge is 2.28. The van der Waals surface area contributed by atoms with Gasteiger partial charge in [-0.25, -0.2) is 22.7 Å². The number of anilines is 1. The Morgan fingerprint density at radius 1 is 1.30 bits per heavy atom. The lowest BCUT2D eigenvalue weighted by molar-refractivity contribution is 0.149. The molecule has 1 saturated heterocycles. The van der Waals surface area contributed by atoms with Crippen LogP contribution < -0.4 is 10.1 Å². The van der Waals surface area contributed by atoms with Crippen LogP contribution in [0.15, 0.2) is 30.7 Å². The molecule has 0 aliphatic carbocycles. The second kappa shape index (κ2) is 8.54. The molecular formula is C22H24F3N7O. The van der Waals surface area contributed by atoms with Gasteiger partial charge in [0.2, 0.25) is 11.8 Å². The maximum atomic E-state index is 14.8. The van der Waals surface area contributed by atoms with Crippen molar-refractivity contribution < 1.29 is 17.9 Å². The zero-order valence-corrected chi connectivity index (χ0v) is 18.3. The van der Waals surface area contributed by atoms with Crippen LogP contribution in [0.1, 0.15) is 6.42 Å². The Bertz CT molecular complexity index is 1300. The maximum Gasteiger partial charge on any atom is 0.244 e. The van der Waals surface area contributed by atoms with Gasteiger partial charge in [-0.1, -0.05) is 0 Å². The van der Waals surface area contributed by atoms with Crippen molar-refractivity contribution in [3.63, 3.8) is 0 Å². The van der Waals surface area contributed by atoms with E-state index in [1.165, 1.54) is 19.5 Å². The molecule has 0 radical (unpaired) electrons. The van der Waals surface area contributed by atoms with E-state index in [0.717, 1.165) is 6.54 Å². The van der Waals surface area contributed by atoms with E-state index >= 15 is 0 Å². The molecule has 3 aromatic heterocycles. The second-order valence-electron chi connectivity index (χ2n) is 8.24. The molecule has 2 atom stereocenters. The fourth-order valence-corrected chi connectivity index (χ4v) is 4.36. The molecule has 4 heterocycles. The van der Waals surface area contributed by atoms with Crippen LogP contribution >= 0.6 is 0 Å². The molecule has 1 aromatic carbocycles. The number of piperidine rings is 1. The van der Waals surface area contributed by atoms with E-state index < -0.39 is 24.7 Å². The summed E-state index contributed by atoms with van der Waals surface area (Å²) in [6.45, 7) is 0.626. The Morgan fingerprint density at radius 2 is 2.15 bits per heavy atom. The number of nitrogens with one attached hydrogen (secondary N) is 1. The molecule has 0 bridgehead atoms. The molecule has 5 rings (SSSR count). The van der Waals surface area contributed by atoms with Gasteiger partial charge in [0.1, 0.15) is 23.9 Å². The van der Waals surface area contributed by atoms with E-state index in [1.54, 1.807) is 27.4 Å². The molecule has 1 fully saturated rings. The van der Waals surface area contributed by atoms with Gasteiger partial charge in [-0.05, 0) is 37.2 Å². The number of likely N-dealkylation sites (tertiary alicyclic amines) is 1. The third-order valence-corrected chi connectivity index (χ3v) is 6.05. The third-order valence-electron chi connectivity index (χ3n) is 6.05. The number of hydrogen-bond donors (Lipinski definition) is 1. The smallest absolute Gasteiger partial charge is 0.244 e. The largest absolute Gasteiger partial charge is 0.479 e. The van der Waals surface area contributed by atoms with Crippen LogP contribution in [-0.2, 0) is 6.54 Å². The summed E-state index contributed by atoms with van der Waals surface area (Å²) in [4.78, 5) is 10.4. The van der Waals surface area contributed by atoms with Gasteiger partial charge in [0.05, 0.1) is 31.5 Å². The summed E-state index contributed by atoms with van der Waals surface area (Å²) in [5.74, 6) is 0.0175. The average Bonchev–Trinajstić information content (AvgIpc) is 3.40. The monoisotopic (exact) mass is 459 g/mol. The van der Waals surface area contributed by atoms with E-state index in [2.05, 4.69) is 20.4 Å². The van der Waals surface area contributed by atoms with Gasteiger partial charge in [-0.3, -0.25) is 0 Å². The molecule has 1 aliphatic heterocycles. The van der Waals surface area contributed by atoms with Crippen molar-refractivity contribution in [2.75, 3.05) is 39.2 Å². The SMILES string of the molecule is COc1nc(N[C@H]2CCN(C)C[C@H]2F)nn2ccc(-c3cc(F)c4ncn(CCF)c4c3)c12. The first-order valence-corrected chi connectivity index (χ1v) is 10.7. The number of aryl methyl sites for hydroxylation is 1. The molecule has 0 amide bonds. The Kier molecular flexibility index (Phi) is 5.57. The molecule has 174 valence electrons. The second-order valence-corrected chi connectivity index (χ2v) is 8.24. The quantitative estimate of drug-likeness (QED) is 0.477. The van der Waals surface area contributed by atoms with Crippen molar-refractivity contribution in [3.05, 3.63) is 36.5 Å². The molecule has 4 aromatic rings. The van der Waals surface area contributed by atoms with Crippen LogP contribution in [0.3, 0.4) is 0 Å². The summed E-state index contributed by atoms with van der Waals surface area (Å²) in [5.41, 5.74) is 2.43. The van der Waals surface area contributed by atoms with Crippen LogP contribution in [0.4, 0.5) is 19.1 Å². The third kappa shape index (κ3) is 3.86. The fourth-order valence-electron chi connectivity index (χ4n) is 4.36. The van der Waals surface area contributed by atoms with Crippen molar-refractivity contribution in [2.45, 2.75) is 25.2 Å². The van der Waals surface area contributed by atoms with Crippen molar-refractivity contribution in [3.8, 4) is 17.0 Å². The summed E-state index contributed by atoms with van der Waals surface area (Å²) < 4.78 is 50.8. The molecule has 11 heteroatoms. The Hall–Kier alpha value is -3.34. The number of hydrogen-bond acceptors (Lipinski definition) is 6. The number of benzene rings is 1. The predicted molar refractivity (Wildman–Crippen MR) is 119 cm³/mol. The summed E-state index contributed by atoms with van der Waals surface area (Å²) in [6, 6.07) is 4.52. The molecule has 0 spiro atoms. The number of aromatic nitrogens is 5. The first-order valence-electron chi connectivity index (χ1n) is 10.7. The van der Waals surface area contributed by atoms with Gasteiger partial charge < -0.3 is 19.5 Å². The lowest BCUT2D eigenvalue weighted by Gasteiger charge is -2.32. The minimum Gasteiger partial charge on any atom is -0.479 e. The summed E-state index contributed by atoms with van der Waals surface area (Å²) in [5, 5.41) is 7.56. The Balaban J connectivity index is 1.55. The van der Waals surface area contributed by atoms with Crippen molar-refractivity contribution in [2.24, 2.45) is 0 Å². The van der Waals surface area contributed by atoms with Gasteiger partial charge in [0, 0.05) is 24.8 Å². The number of methoxy groups -OCH3 is 1. The molecule has 0 saturated carbocycles. The highest BCUT2D eigenvalue weighted by molar-refractivity contribution is 5.90. The van der Waals surface area contributed by atoms with E-state index in [0.29, 0.717) is 35.1 Å². The predicted octanol–water partition coefficient (Wildman–Crippen LogP) is 3.32. The van der Waals surface area contributed by atoms with Crippen LogP contribution in [0.25, 0.3) is 27.7 Å². The van der Waals surface area contributed by atoms with Crippen molar-refractivity contribution in [1.82, 2.24) is 29.0 Å². The first kappa shape index (κ1) is 21.5. The lowest BCUT2D eigenvalue weighted by Crippen LogP contribution is -2.46. The van der Waals surface area contributed by atoms with E-state index in [9.17, 15) is 13.2 Å². The van der Waals surface area contributed by atoms with E-state index in [-0.39, 0.29) is 23.9 Å². The van der Waals surface area contributed by atoms with E-state index in [1.807, 2.05) is 11.9 Å². The number of alkyl halides is 2. The summed E-state index contributed by atoms with van der Waals surface area (Å²) in [7, 11) is 3.37. The van der Waals surface area contributed by atoms with Crippen molar-refractivity contribution >= 4 is 22.5 Å². The topological polar surface area (TPSA) is 72.5 Å². The average molecular weight is 459 g/mol. The van der Waals surface area contributed by atoms with E-state index in [4.69, 9.17) is 4.74 Å². The summed E-state index contributed by atoms with van der Waals surface area (Å²) in [6.07, 6.45) is 2.72. The highest BCUT2D eigenvalue weighted by Crippen LogP contribution is 2.34. The normalized spacial score (nSPS) is 19.4. The molecule has 8 nitrogen and oxygen atoms in total. The van der Waals surface area contributed by atoms with Crippen LogP contribution in [0, 0.1) is 5.82 Å². The Morgan fingerprint density at radius 3 is 2.91 bits per heavy atom. The standard InChI is InChI=1S/C22H24F3N7O/c1-30-6-4-17(16(25)11-30)27-22-28-21(33-2)20-14(3-7-32(20)29-22)13-9-15(24)19-18(10-13)31(8-5-23)12-26-19/h3,7,9-10,12,16-17H,4-6,8,11H2,1-2H3,(H,27,29)/t16-,17+/m1/s1. The molecule has 1 aliphatic rings. The molecule has 1 N–H and O–H groups in total. The first-order chi connectivity index (χ1) is 16.0. The molecule has 0 unspecified atom stereocenters. The van der Waals surface area contributed by atoms with Gasteiger partial charge >= 0.3 is 0 Å². The zero-order valence-electron chi connectivity index (χ0n) is 18.3. The fraction of sp³-hybridized carbons (Fsp3) is 0.409. The maximum absolute atomic E-state index is 14.8. The number of fused-ring (bicyclic) bond motifs is 2. The van der Waals surface area contributed by atoms with Crippen LogP contribution in [-0.4, -0.2) is 75.2 Å². The molecule has 33 heavy (non-hydrogen) atoms. The van der Waals surface area contributed by atoms with Gasteiger partial charge in [-0.2, -0.15) is 4.98 Å². The van der Waals surface area contributed by atoms with Crippen molar-refractivity contribution in [1.29, 1.82) is 0 Å². The van der Waals surface area contributed by atoms with Crippen LogP contribution in [0.2, 0.25) is 0 Å². The molecular weight excluding hydrogens is 435 g/mol. The number of rotatable bonds is 6. The minimum absolute atomic E-state index is 0.0872. The zero-order chi connectivity index (χ0) is 23.1. The number of nitrogens with zero attached hydrogens (tertiary/aromatic N) is 6. The van der Waals surface area contributed by atoms with Gasteiger partial charge in [0.15, 0.2) is 5.82 Å². The number of halogens is 3. The van der Waals surface area contributed by atoms with Crippen LogP contribution in [0.5, 0.6) is 5.88 Å². The number of ether oxygens (including phenoxy) is 1. The highest BCUT2D eigenvalue weighted by atomic mass is 19.1. The van der Waals surface area contributed by atoms with Gasteiger partial charge in [-0.15, -0.1) is 5.10 Å². The Labute approximate surface area is 188 Å². The lowest BCUT2D eigenvalue weighted by atomic mass is 10.0. The number of imidazole rings is 1. The summed E-state index contributed by atoms with van der Waals surface area (Å²) >= 11 is 0. The minimum atomic E-state index is -1.04.